The summed E-state index contributed by atoms with van der Waals surface area (Å²) >= 11 is 0. The molecule has 0 unspecified atom stereocenters. The molecule has 0 radical (unpaired) electrons. The lowest BCUT2D eigenvalue weighted by Gasteiger charge is -2.31. The van der Waals surface area contributed by atoms with E-state index in [1.165, 1.54) is 24.8 Å². The zero-order valence-electron chi connectivity index (χ0n) is 9.70. The summed E-state index contributed by atoms with van der Waals surface area (Å²) in [6.45, 7) is 11.5. The van der Waals surface area contributed by atoms with E-state index in [2.05, 4.69) is 40.7 Å². The van der Waals surface area contributed by atoms with Gasteiger partial charge >= 0.3 is 0 Å². The smallest absolute Gasteiger partial charge is 0.00610 e. The lowest BCUT2D eigenvalue weighted by molar-refractivity contribution is 0.518. The highest BCUT2D eigenvalue weighted by molar-refractivity contribution is 5.29. The van der Waals surface area contributed by atoms with Crippen LogP contribution in [0.25, 0.3) is 0 Å². The van der Waals surface area contributed by atoms with Gasteiger partial charge in [0.05, 0.1) is 0 Å². The Morgan fingerprint density at radius 2 is 1.77 bits per heavy atom. The predicted molar refractivity (Wildman–Crippen MR) is 59.8 cm³/mol. The molecule has 74 valence electrons. The summed E-state index contributed by atoms with van der Waals surface area (Å²) in [6, 6.07) is 0. The molecule has 0 atom stereocenters. The van der Waals surface area contributed by atoms with E-state index in [0.29, 0.717) is 0 Å². The molecule has 0 saturated carbocycles. The molecule has 0 spiro atoms. The van der Waals surface area contributed by atoms with Crippen LogP contribution in [0, 0.1) is 5.41 Å². The number of hydrogen-bond donors (Lipinski definition) is 0. The van der Waals surface area contributed by atoms with Crippen molar-refractivity contribution in [3.05, 3.63) is 22.8 Å². The maximum Gasteiger partial charge on any atom is 0.00610 e. The molecular formula is C13H22. The summed E-state index contributed by atoms with van der Waals surface area (Å²) in [4.78, 5) is 0. The van der Waals surface area contributed by atoms with Gasteiger partial charge < -0.3 is 0 Å². The first kappa shape index (κ1) is 10.6. The van der Waals surface area contributed by atoms with E-state index < -0.39 is 0 Å². The highest BCUT2D eigenvalue weighted by Crippen LogP contribution is 2.38. The first-order valence-electron chi connectivity index (χ1n) is 5.30. The van der Waals surface area contributed by atoms with Gasteiger partial charge in [-0.3, -0.25) is 0 Å². The highest BCUT2D eigenvalue weighted by atomic mass is 14.3. The Bertz CT molecular complexity index is 251. The second-order valence-electron chi connectivity index (χ2n) is 4.81. The molecule has 1 aliphatic rings. The van der Waals surface area contributed by atoms with Gasteiger partial charge in [-0.15, -0.1) is 0 Å². The Morgan fingerprint density at radius 1 is 1.15 bits per heavy atom. The van der Waals surface area contributed by atoms with Gasteiger partial charge in [-0.1, -0.05) is 36.6 Å². The van der Waals surface area contributed by atoms with Crippen LogP contribution in [-0.4, -0.2) is 0 Å². The molecule has 0 aliphatic heterocycles. The number of hydrogen-bond acceptors (Lipinski definition) is 0. The predicted octanol–water partition coefficient (Wildman–Crippen LogP) is 4.48. The van der Waals surface area contributed by atoms with Gasteiger partial charge in [0.1, 0.15) is 0 Å². The Labute approximate surface area is 82.7 Å². The fourth-order valence-electron chi connectivity index (χ4n) is 1.96. The molecule has 0 aromatic rings. The number of rotatable bonds is 0. The summed E-state index contributed by atoms with van der Waals surface area (Å²) in [6.07, 6.45) is 6.26. The molecule has 1 rings (SSSR count). The SMILES string of the molecule is C/C1=C/CCC/C(C)=C(/C)C1(C)C. The zero-order chi connectivity index (χ0) is 10.1. The molecule has 0 bridgehead atoms. The van der Waals surface area contributed by atoms with Gasteiger partial charge in [-0.05, 0) is 40.0 Å². The van der Waals surface area contributed by atoms with Crippen molar-refractivity contribution in [2.75, 3.05) is 0 Å². The second-order valence-corrected chi connectivity index (χ2v) is 4.81. The molecule has 0 nitrogen and oxygen atoms in total. The molecule has 0 heteroatoms. The average molecular weight is 178 g/mol. The minimum absolute atomic E-state index is 0.282. The Balaban J connectivity index is 3.10. The van der Waals surface area contributed by atoms with Gasteiger partial charge in [0.25, 0.3) is 0 Å². The fourth-order valence-corrected chi connectivity index (χ4v) is 1.96. The topological polar surface area (TPSA) is 0 Å². The molecule has 0 amide bonds. The van der Waals surface area contributed by atoms with Crippen LogP contribution in [0.2, 0.25) is 0 Å². The minimum Gasteiger partial charge on any atom is -0.0847 e. The molecule has 0 aromatic heterocycles. The monoisotopic (exact) mass is 178 g/mol. The van der Waals surface area contributed by atoms with Crippen LogP contribution < -0.4 is 0 Å². The normalized spacial score (nSPS) is 33.2. The van der Waals surface area contributed by atoms with Crippen molar-refractivity contribution in [2.45, 2.75) is 53.9 Å². The van der Waals surface area contributed by atoms with Crippen LogP contribution in [0.1, 0.15) is 53.9 Å². The largest absolute Gasteiger partial charge is 0.0847 e. The number of allylic oxidation sites excluding steroid dienone is 4. The quantitative estimate of drug-likeness (QED) is 0.480. The Hall–Kier alpha value is -0.520. The van der Waals surface area contributed by atoms with Crippen molar-refractivity contribution in [3.8, 4) is 0 Å². The van der Waals surface area contributed by atoms with E-state index in [9.17, 15) is 0 Å². The second kappa shape index (κ2) is 3.69. The highest BCUT2D eigenvalue weighted by Gasteiger charge is 2.24. The summed E-state index contributed by atoms with van der Waals surface area (Å²) in [5.41, 5.74) is 4.98. The molecular weight excluding hydrogens is 156 g/mol. The molecule has 0 fully saturated rings. The lowest BCUT2D eigenvalue weighted by Crippen LogP contribution is -2.17. The summed E-state index contributed by atoms with van der Waals surface area (Å²) in [5.74, 6) is 0. The van der Waals surface area contributed by atoms with Gasteiger partial charge in [0, 0.05) is 5.41 Å². The van der Waals surface area contributed by atoms with Gasteiger partial charge in [0.15, 0.2) is 0 Å². The third kappa shape index (κ3) is 2.04. The maximum atomic E-state index is 2.41. The maximum absolute atomic E-state index is 2.41. The zero-order valence-corrected chi connectivity index (χ0v) is 9.70. The molecule has 0 heterocycles. The van der Waals surface area contributed by atoms with Crippen molar-refractivity contribution in [3.63, 3.8) is 0 Å². The third-order valence-electron chi connectivity index (χ3n) is 3.77. The molecule has 1 aliphatic carbocycles. The van der Waals surface area contributed by atoms with E-state index in [-0.39, 0.29) is 5.41 Å². The first-order valence-corrected chi connectivity index (χ1v) is 5.30. The van der Waals surface area contributed by atoms with E-state index in [4.69, 9.17) is 0 Å². The summed E-state index contributed by atoms with van der Waals surface area (Å²) in [7, 11) is 0. The fraction of sp³-hybridized carbons (Fsp3) is 0.692. The van der Waals surface area contributed by atoms with E-state index in [1.807, 2.05) is 0 Å². The van der Waals surface area contributed by atoms with E-state index >= 15 is 0 Å². The van der Waals surface area contributed by atoms with Crippen LogP contribution >= 0.6 is 0 Å². The van der Waals surface area contributed by atoms with Crippen molar-refractivity contribution in [1.82, 2.24) is 0 Å². The van der Waals surface area contributed by atoms with E-state index in [1.54, 1.807) is 11.1 Å². The van der Waals surface area contributed by atoms with Gasteiger partial charge in [0.2, 0.25) is 0 Å². The third-order valence-corrected chi connectivity index (χ3v) is 3.77. The molecule has 0 N–H and O–H groups in total. The van der Waals surface area contributed by atoms with Crippen molar-refractivity contribution >= 4 is 0 Å². The first-order chi connectivity index (χ1) is 5.96. The lowest BCUT2D eigenvalue weighted by atomic mass is 9.74. The van der Waals surface area contributed by atoms with Crippen molar-refractivity contribution < 1.29 is 0 Å². The molecule has 0 aromatic carbocycles. The molecule has 0 saturated heterocycles. The van der Waals surface area contributed by atoms with Crippen LogP contribution in [0.4, 0.5) is 0 Å². The van der Waals surface area contributed by atoms with Gasteiger partial charge in [-0.25, -0.2) is 0 Å². The Kier molecular flexibility index (Phi) is 3.00. The summed E-state index contributed by atoms with van der Waals surface area (Å²) in [5, 5.41) is 0. The van der Waals surface area contributed by atoms with Crippen molar-refractivity contribution in [2.24, 2.45) is 5.41 Å². The standard InChI is InChI=1S/C13H22/c1-10-8-6-7-9-11(2)13(4,5)12(10)3/h9H,6-8H2,1-5H3/b11-9-,12-10-. The van der Waals surface area contributed by atoms with Crippen LogP contribution in [0.5, 0.6) is 0 Å². The van der Waals surface area contributed by atoms with Crippen LogP contribution in [0.3, 0.4) is 0 Å². The Morgan fingerprint density at radius 3 is 2.38 bits per heavy atom. The molecule has 13 heavy (non-hydrogen) atoms. The van der Waals surface area contributed by atoms with E-state index in [0.717, 1.165) is 0 Å². The van der Waals surface area contributed by atoms with Crippen molar-refractivity contribution in [1.29, 1.82) is 0 Å². The summed E-state index contributed by atoms with van der Waals surface area (Å²) < 4.78 is 0. The van der Waals surface area contributed by atoms with Gasteiger partial charge in [-0.2, -0.15) is 0 Å². The van der Waals surface area contributed by atoms with Crippen LogP contribution in [-0.2, 0) is 0 Å². The minimum atomic E-state index is 0.282. The van der Waals surface area contributed by atoms with Crippen LogP contribution in [0.15, 0.2) is 22.8 Å². The average Bonchev–Trinajstić information content (AvgIpc) is 2.08.